The minimum atomic E-state index is -3.73. The van der Waals surface area contributed by atoms with Gasteiger partial charge in [0.2, 0.25) is 0 Å². The molecule has 7 heteroatoms. The zero-order valence-electron chi connectivity index (χ0n) is 11.2. The number of carboxylic acids is 1. The number of aliphatic carboxylic acids is 1. The SMILES string of the molecule is Cc1ccc(C)c(NS(=O)(=O)N(C)CCC(=O)O)c1. The molecule has 0 spiro atoms. The molecule has 0 atom stereocenters. The van der Waals surface area contributed by atoms with Gasteiger partial charge in [-0.2, -0.15) is 12.7 Å². The van der Waals surface area contributed by atoms with Crippen LogP contribution < -0.4 is 4.72 Å². The largest absolute Gasteiger partial charge is 0.481 e. The van der Waals surface area contributed by atoms with Gasteiger partial charge in [0.1, 0.15) is 0 Å². The zero-order valence-corrected chi connectivity index (χ0v) is 12.0. The van der Waals surface area contributed by atoms with Gasteiger partial charge in [-0.3, -0.25) is 9.52 Å². The number of anilines is 1. The molecule has 0 saturated heterocycles. The van der Waals surface area contributed by atoms with Crippen LogP contribution in [0.25, 0.3) is 0 Å². The van der Waals surface area contributed by atoms with Crippen LogP contribution in [0.5, 0.6) is 0 Å². The van der Waals surface area contributed by atoms with Gasteiger partial charge < -0.3 is 5.11 Å². The average Bonchev–Trinajstić information content (AvgIpc) is 2.30. The Labute approximate surface area is 113 Å². The molecule has 1 aromatic carbocycles. The topological polar surface area (TPSA) is 86.7 Å². The Morgan fingerprint density at radius 1 is 1.37 bits per heavy atom. The third-order valence-electron chi connectivity index (χ3n) is 2.68. The van der Waals surface area contributed by atoms with Gasteiger partial charge in [0.15, 0.2) is 0 Å². The molecule has 0 aliphatic heterocycles. The van der Waals surface area contributed by atoms with E-state index in [2.05, 4.69) is 4.72 Å². The molecule has 0 aliphatic carbocycles. The number of hydrogen-bond donors (Lipinski definition) is 2. The Balaban J connectivity index is 2.84. The van der Waals surface area contributed by atoms with Crippen LogP contribution in [0.3, 0.4) is 0 Å². The number of carboxylic acid groups (broad SMARTS) is 1. The van der Waals surface area contributed by atoms with Gasteiger partial charge >= 0.3 is 16.2 Å². The van der Waals surface area contributed by atoms with Gasteiger partial charge in [-0.05, 0) is 31.0 Å². The summed E-state index contributed by atoms with van der Waals surface area (Å²) in [6.45, 7) is 3.59. The van der Waals surface area contributed by atoms with E-state index >= 15 is 0 Å². The number of carbonyl (C=O) groups is 1. The van der Waals surface area contributed by atoms with Crippen LogP contribution >= 0.6 is 0 Å². The van der Waals surface area contributed by atoms with Gasteiger partial charge in [0, 0.05) is 13.6 Å². The highest BCUT2D eigenvalue weighted by atomic mass is 32.2. The number of nitrogens with zero attached hydrogens (tertiary/aromatic N) is 1. The maximum atomic E-state index is 12.0. The molecule has 0 saturated carbocycles. The lowest BCUT2D eigenvalue weighted by Gasteiger charge is -2.18. The van der Waals surface area contributed by atoms with E-state index in [0.717, 1.165) is 15.4 Å². The van der Waals surface area contributed by atoms with Gasteiger partial charge in [-0.25, -0.2) is 0 Å². The van der Waals surface area contributed by atoms with Crippen LogP contribution in [0.2, 0.25) is 0 Å². The third-order valence-corrected chi connectivity index (χ3v) is 4.16. The summed E-state index contributed by atoms with van der Waals surface area (Å²) in [7, 11) is -2.38. The first-order valence-electron chi connectivity index (χ1n) is 5.75. The molecule has 0 aliphatic rings. The standard InChI is InChI=1S/C12H18N2O4S/c1-9-4-5-10(2)11(8-9)13-19(17,18)14(3)7-6-12(15)16/h4-5,8,13H,6-7H2,1-3H3,(H,15,16). The van der Waals surface area contributed by atoms with Gasteiger partial charge in [0.05, 0.1) is 12.1 Å². The fourth-order valence-electron chi connectivity index (χ4n) is 1.44. The summed E-state index contributed by atoms with van der Waals surface area (Å²) >= 11 is 0. The summed E-state index contributed by atoms with van der Waals surface area (Å²) < 4.78 is 27.4. The smallest absolute Gasteiger partial charge is 0.304 e. The average molecular weight is 286 g/mol. The fraction of sp³-hybridized carbons (Fsp3) is 0.417. The Kier molecular flexibility index (Phi) is 4.90. The van der Waals surface area contributed by atoms with E-state index in [1.807, 2.05) is 19.1 Å². The van der Waals surface area contributed by atoms with Crippen molar-refractivity contribution in [2.45, 2.75) is 20.3 Å². The van der Waals surface area contributed by atoms with Crippen LogP contribution in [0.4, 0.5) is 5.69 Å². The van der Waals surface area contributed by atoms with Gasteiger partial charge in [-0.1, -0.05) is 12.1 Å². The molecular weight excluding hydrogens is 268 g/mol. The summed E-state index contributed by atoms with van der Waals surface area (Å²) in [5, 5.41) is 8.56. The van der Waals surface area contributed by atoms with Crippen molar-refractivity contribution in [2.75, 3.05) is 18.3 Å². The van der Waals surface area contributed by atoms with E-state index in [0.29, 0.717) is 5.69 Å². The summed E-state index contributed by atoms with van der Waals surface area (Å²) in [5.74, 6) is -1.03. The molecule has 0 amide bonds. The van der Waals surface area contributed by atoms with Crippen molar-refractivity contribution in [3.63, 3.8) is 0 Å². The highest BCUT2D eigenvalue weighted by Crippen LogP contribution is 2.18. The summed E-state index contributed by atoms with van der Waals surface area (Å²) in [6.07, 6.45) is -0.232. The van der Waals surface area contributed by atoms with E-state index in [1.54, 1.807) is 13.0 Å². The normalized spacial score (nSPS) is 11.6. The van der Waals surface area contributed by atoms with Crippen molar-refractivity contribution in [1.29, 1.82) is 0 Å². The van der Waals surface area contributed by atoms with Crippen molar-refractivity contribution in [3.8, 4) is 0 Å². The Bertz CT molecular complexity index is 569. The van der Waals surface area contributed by atoms with Crippen molar-refractivity contribution in [3.05, 3.63) is 29.3 Å². The Morgan fingerprint density at radius 3 is 2.58 bits per heavy atom. The number of rotatable bonds is 6. The fourth-order valence-corrected chi connectivity index (χ4v) is 2.42. The Morgan fingerprint density at radius 2 is 2.00 bits per heavy atom. The van der Waals surface area contributed by atoms with Crippen molar-refractivity contribution < 1.29 is 18.3 Å². The van der Waals surface area contributed by atoms with E-state index in [1.165, 1.54) is 7.05 Å². The van der Waals surface area contributed by atoms with Gasteiger partial charge in [0.25, 0.3) is 0 Å². The molecule has 19 heavy (non-hydrogen) atoms. The number of aryl methyl sites for hydroxylation is 2. The first-order valence-corrected chi connectivity index (χ1v) is 7.19. The third kappa shape index (κ3) is 4.53. The highest BCUT2D eigenvalue weighted by molar-refractivity contribution is 7.90. The molecular formula is C12H18N2O4S. The van der Waals surface area contributed by atoms with E-state index in [-0.39, 0.29) is 13.0 Å². The van der Waals surface area contributed by atoms with Crippen LogP contribution in [0.15, 0.2) is 18.2 Å². The first kappa shape index (κ1) is 15.5. The molecule has 1 rings (SSSR count). The van der Waals surface area contributed by atoms with Crippen LogP contribution in [-0.2, 0) is 15.0 Å². The number of nitrogens with one attached hydrogen (secondary N) is 1. The minimum Gasteiger partial charge on any atom is -0.481 e. The first-order chi connectivity index (χ1) is 8.72. The Hall–Kier alpha value is -1.60. The van der Waals surface area contributed by atoms with E-state index in [4.69, 9.17) is 5.11 Å². The molecule has 0 bridgehead atoms. The second-order valence-electron chi connectivity index (χ2n) is 4.39. The van der Waals surface area contributed by atoms with E-state index < -0.39 is 16.2 Å². The molecule has 6 nitrogen and oxygen atoms in total. The number of hydrogen-bond acceptors (Lipinski definition) is 3. The van der Waals surface area contributed by atoms with Crippen molar-refractivity contribution in [2.24, 2.45) is 0 Å². The van der Waals surface area contributed by atoms with Crippen LogP contribution in [-0.4, -0.2) is 37.4 Å². The lowest BCUT2D eigenvalue weighted by Crippen LogP contribution is -2.34. The molecule has 0 aromatic heterocycles. The molecule has 106 valence electrons. The van der Waals surface area contributed by atoms with Crippen molar-refractivity contribution in [1.82, 2.24) is 4.31 Å². The summed E-state index contributed by atoms with van der Waals surface area (Å²) in [6, 6.07) is 5.45. The predicted molar refractivity (Wildman–Crippen MR) is 73.3 cm³/mol. The molecule has 0 radical (unpaired) electrons. The summed E-state index contributed by atoms with van der Waals surface area (Å²) in [5.41, 5.74) is 2.25. The lowest BCUT2D eigenvalue weighted by molar-refractivity contribution is -0.137. The monoisotopic (exact) mass is 286 g/mol. The van der Waals surface area contributed by atoms with Crippen LogP contribution in [0, 0.1) is 13.8 Å². The summed E-state index contributed by atoms with van der Waals surface area (Å²) in [4.78, 5) is 10.4. The maximum Gasteiger partial charge on any atom is 0.304 e. The molecule has 2 N–H and O–H groups in total. The minimum absolute atomic E-state index is 0.0739. The zero-order chi connectivity index (χ0) is 14.6. The molecule has 0 unspecified atom stereocenters. The molecule has 1 aromatic rings. The second-order valence-corrected chi connectivity index (χ2v) is 6.17. The number of benzene rings is 1. The second kappa shape index (κ2) is 6.03. The maximum absolute atomic E-state index is 12.0. The highest BCUT2D eigenvalue weighted by Gasteiger charge is 2.19. The van der Waals surface area contributed by atoms with Crippen LogP contribution in [0.1, 0.15) is 17.5 Å². The van der Waals surface area contributed by atoms with Crippen molar-refractivity contribution >= 4 is 21.9 Å². The molecule has 0 heterocycles. The quantitative estimate of drug-likeness (QED) is 0.827. The lowest BCUT2D eigenvalue weighted by atomic mass is 10.1. The van der Waals surface area contributed by atoms with Gasteiger partial charge in [-0.15, -0.1) is 0 Å². The molecule has 0 fully saturated rings. The predicted octanol–water partition coefficient (Wildman–Crippen LogP) is 1.37. The van der Waals surface area contributed by atoms with E-state index in [9.17, 15) is 13.2 Å².